The molecule has 3 rings (SSSR count). The highest BCUT2D eigenvalue weighted by atomic mass is 16.1. The van der Waals surface area contributed by atoms with Gasteiger partial charge in [0.2, 0.25) is 0 Å². The zero-order valence-electron chi connectivity index (χ0n) is 18.9. The summed E-state index contributed by atoms with van der Waals surface area (Å²) in [6.07, 6.45) is 6.89. The molecule has 0 saturated heterocycles. The molecule has 1 amide bonds. The number of carbonyl (C=O) groups excluding carboxylic acids is 1. The second-order valence-corrected chi connectivity index (χ2v) is 8.76. The van der Waals surface area contributed by atoms with Gasteiger partial charge >= 0.3 is 0 Å². The van der Waals surface area contributed by atoms with Gasteiger partial charge in [-0.1, -0.05) is 19.3 Å². The number of amides is 1. The first-order valence-corrected chi connectivity index (χ1v) is 11.1. The molecule has 1 aliphatic rings. The Balaban J connectivity index is 1.94. The first-order chi connectivity index (χ1) is 14.8. The number of carbonyl (C=O) groups is 1. The first kappa shape index (κ1) is 22.7. The van der Waals surface area contributed by atoms with Crippen molar-refractivity contribution < 1.29 is 4.79 Å². The molecule has 0 atom stereocenters. The summed E-state index contributed by atoms with van der Waals surface area (Å²) in [5.74, 6) is 0.599. The van der Waals surface area contributed by atoms with Crippen LogP contribution in [0.5, 0.6) is 0 Å². The van der Waals surface area contributed by atoms with Crippen LogP contribution in [-0.2, 0) is 6.54 Å². The summed E-state index contributed by atoms with van der Waals surface area (Å²) in [5, 5.41) is 14.1. The van der Waals surface area contributed by atoms with E-state index in [0.29, 0.717) is 28.4 Å². The molecule has 2 aromatic rings. The number of hydrogen-bond donors (Lipinski definition) is 4. The number of nitrogens with one attached hydrogen (secondary N) is 4. The Labute approximate surface area is 183 Å². The van der Waals surface area contributed by atoms with E-state index in [-0.39, 0.29) is 24.1 Å². The lowest BCUT2D eigenvalue weighted by atomic mass is 9.86. The molecule has 0 radical (unpaired) electrons. The standard InChI is InChI=1S/C24H33N5O2/c1-14(2)27-22-19(12-25)18(11-21(29-22)17-8-6-5-7-9-17)23(30)26-13-20-15(3)10-16(4)28-24(20)31/h10-12,14,17,25H,5-9,13H2,1-4H3,(H,26,30)(H,27,29)(H,28,31). The Bertz CT molecular complexity index is 1020. The number of hydrogen-bond acceptors (Lipinski definition) is 5. The zero-order chi connectivity index (χ0) is 22.5. The Morgan fingerprint density at radius 2 is 1.97 bits per heavy atom. The van der Waals surface area contributed by atoms with E-state index >= 15 is 0 Å². The summed E-state index contributed by atoms with van der Waals surface area (Å²) in [7, 11) is 0. The third kappa shape index (κ3) is 5.40. The minimum Gasteiger partial charge on any atom is -0.367 e. The largest absolute Gasteiger partial charge is 0.367 e. The van der Waals surface area contributed by atoms with E-state index in [1.54, 1.807) is 0 Å². The number of nitrogens with zero attached hydrogens (tertiary/aromatic N) is 1. The summed E-state index contributed by atoms with van der Waals surface area (Å²) < 4.78 is 0. The van der Waals surface area contributed by atoms with E-state index in [1.807, 2.05) is 39.8 Å². The molecule has 1 saturated carbocycles. The van der Waals surface area contributed by atoms with Crippen LogP contribution in [0.25, 0.3) is 0 Å². The lowest BCUT2D eigenvalue weighted by Gasteiger charge is -2.24. The van der Waals surface area contributed by atoms with Gasteiger partial charge in [0, 0.05) is 47.2 Å². The van der Waals surface area contributed by atoms with Crippen LogP contribution in [0.2, 0.25) is 0 Å². The molecule has 2 heterocycles. The van der Waals surface area contributed by atoms with Crippen LogP contribution in [0.4, 0.5) is 5.82 Å². The van der Waals surface area contributed by atoms with Gasteiger partial charge in [0.25, 0.3) is 11.5 Å². The van der Waals surface area contributed by atoms with E-state index in [9.17, 15) is 9.59 Å². The van der Waals surface area contributed by atoms with Crippen molar-refractivity contribution in [1.82, 2.24) is 15.3 Å². The molecule has 166 valence electrons. The molecule has 4 N–H and O–H groups in total. The van der Waals surface area contributed by atoms with Crippen LogP contribution in [0.1, 0.15) is 90.3 Å². The first-order valence-electron chi connectivity index (χ1n) is 11.1. The van der Waals surface area contributed by atoms with E-state index in [4.69, 9.17) is 10.4 Å². The molecule has 1 fully saturated rings. The van der Waals surface area contributed by atoms with Gasteiger partial charge in [0.15, 0.2) is 0 Å². The molecular weight excluding hydrogens is 390 g/mol. The van der Waals surface area contributed by atoms with Crippen LogP contribution in [0, 0.1) is 19.3 Å². The number of H-pyrrole nitrogens is 1. The summed E-state index contributed by atoms with van der Waals surface area (Å²) >= 11 is 0. The fourth-order valence-corrected chi connectivity index (χ4v) is 4.26. The highest BCUT2D eigenvalue weighted by Crippen LogP contribution is 2.33. The van der Waals surface area contributed by atoms with Gasteiger partial charge in [-0.15, -0.1) is 0 Å². The predicted molar refractivity (Wildman–Crippen MR) is 124 cm³/mol. The lowest BCUT2D eigenvalue weighted by Crippen LogP contribution is -2.29. The van der Waals surface area contributed by atoms with Gasteiger partial charge in [0.05, 0.1) is 5.56 Å². The number of aromatic nitrogens is 2. The number of aromatic amines is 1. The molecule has 0 aliphatic heterocycles. The summed E-state index contributed by atoms with van der Waals surface area (Å²) in [4.78, 5) is 33.1. The van der Waals surface area contributed by atoms with E-state index < -0.39 is 0 Å². The van der Waals surface area contributed by atoms with Crippen molar-refractivity contribution in [2.45, 2.75) is 78.3 Å². The smallest absolute Gasteiger partial charge is 0.253 e. The molecular formula is C24H33N5O2. The van der Waals surface area contributed by atoms with E-state index in [0.717, 1.165) is 29.8 Å². The fraction of sp³-hybridized carbons (Fsp3) is 0.500. The van der Waals surface area contributed by atoms with Crippen LogP contribution in [0.15, 0.2) is 16.9 Å². The van der Waals surface area contributed by atoms with Crippen molar-refractivity contribution in [2.75, 3.05) is 5.32 Å². The summed E-state index contributed by atoms with van der Waals surface area (Å²) in [6.45, 7) is 7.85. The van der Waals surface area contributed by atoms with Gasteiger partial charge in [-0.05, 0) is 58.2 Å². The van der Waals surface area contributed by atoms with Crippen LogP contribution >= 0.6 is 0 Å². The minimum atomic E-state index is -0.302. The second-order valence-electron chi connectivity index (χ2n) is 8.76. The van der Waals surface area contributed by atoms with Crippen molar-refractivity contribution in [1.29, 1.82) is 5.41 Å². The third-order valence-corrected chi connectivity index (χ3v) is 5.84. The molecule has 0 aromatic carbocycles. The van der Waals surface area contributed by atoms with Gasteiger partial charge in [-0.3, -0.25) is 9.59 Å². The number of anilines is 1. The maximum atomic E-state index is 13.2. The Morgan fingerprint density at radius 3 is 2.58 bits per heavy atom. The molecule has 31 heavy (non-hydrogen) atoms. The summed E-state index contributed by atoms with van der Waals surface area (Å²) in [5.41, 5.74) is 3.79. The van der Waals surface area contributed by atoms with Gasteiger partial charge < -0.3 is 21.0 Å². The highest BCUT2D eigenvalue weighted by molar-refractivity contribution is 6.04. The molecule has 0 unspecified atom stereocenters. The topological polar surface area (TPSA) is 111 Å². The van der Waals surface area contributed by atoms with E-state index in [2.05, 4.69) is 15.6 Å². The van der Waals surface area contributed by atoms with Crippen LogP contribution in [-0.4, -0.2) is 28.1 Å². The van der Waals surface area contributed by atoms with Gasteiger partial charge in [-0.2, -0.15) is 0 Å². The van der Waals surface area contributed by atoms with Crippen LogP contribution in [0.3, 0.4) is 0 Å². The molecule has 0 bridgehead atoms. The number of rotatable bonds is 7. The van der Waals surface area contributed by atoms with Crippen LogP contribution < -0.4 is 16.2 Å². The molecule has 0 spiro atoms. The second kappa shape index (κ2) is 9.90. The highest BCUT2D eigenvalue weighted by Gasteiger charge is 2.23. The fourth-order valence-electron chi connectivity index (χ4n) is 4.26. The third-order valence-electron chi connectivity index (χ3n) is 5.84. The molecule has 1 aliphatic carbocycles. The average Bonchev–Trinajstić information content (AvgIpc) is 2.72. The minimum absolute atomic E-state index is 0.123. The quantitative estimate of drug-likeness (QED) is 0.501. The normalized spacial score (nSPS) is 14.5. The average molecular weight is 424 g/mol. The SMILES string of the molecule is Cc1cc(C)c(CNC(=O)c2cc(C3CCCCC3)nc(NC(C)C)c2C=N)c(=O)[nH]1. The molecule has 2 aromatic heterocycles. The number of pyridine rings is 2. The number of aryl methyl sites for hydroxylation is 2. The Hall–Kier alpha value is -2.96. The molecule has 7 heteroatoms. The Kier molecular flexibility index (Phi) is 7.25. The van der Waals surface area contributed by atoms with Crippen molar-refractivity contribution in [3.8, 4) is 0 Å². The van der Waals surface area contributed by atoms with Crippen molar-refractivity contribution in [3.63, 3.8) is 0 Å². The monoisotopic (exact) mass is 423 g/mol. The van der Waals surface area contributed by atoms with Gasteiger partial charge in [0.1, 0.15) is 5.82 Å². The molecule has 7 nitrogen and oxygen atoms in total. The zero-order valence-corrected chi connectivity index (χ0v) is 18.9. The van der Waals surface area contributed by atoms with Crippen molar-refractivity contribution >= 4 is 17.9 Å². The lowest BCUT2D eigenvalue weighted by molar-refractivity contribution is 0.0950. The van der Waals surface area contributed by atoms with Crippen molar-refractivity contribution in [3.05, 3.63) is 56.1 Å². The van der Waals surface area contributed by atoms with Gasteiger partial charge in [-0.25, -0.2) is 4.98 Å². The Morgan fingerprint density at radius 1 is 1.26 bits per heavy atom. The maximum absolute atomic E-state index is 13.2. The summed E-state index contributed by atoms with van der Waals surface area (Å²) in [6, 6.07) is 3.85. The van der Waals surface area contributed by atoms with Crippen molar-refractivity contribution in [2.24, 2.45) is 0 Å². The predicted octanol–water partition coefficient (Wildman–Crippen LogP) is 4.18. The van der Waals surface area contributed by atoms with E-state index in [1.165, 1.54) is 25.5 Å². The maximum Gasteiger partial charge on any atom is 0.253 e.